The van der Waals surface area contributed by atoms with E-state index >= 15 is 0 Å². The second kappa shape index (κ2) is 7.75. The molecule has 2 aromatic heterocycles. The number of halogens is 4. The Morgan fingerprint density at radius 3 is 2.62 bits per heavy atom. The van der Waals surface area contributed by atoms with E-state index in [0.29, 0.717) is 16.3 Å². The Balaban J connectivity index is 1.65. The summed E-state index contributed by atoms with van der Waals surface area (Å²) in [6, 6.07) is 3.85. The molecule has 1 N–H and O–H groups in total. The number of alkyl halides is 4. The molecule has 3 heterocycles. The van der Waals surface area contributed by atoms with Gasteiger partial charge in [0.2, 0.25) is 0 Å². The lowest BCUT2D eigenvalue weighted by molar-refractivity contribution is -0.145. The van der Waals surface area contributed by atoms with Crippen molar-refractivity contribution < 1.29 is 22.4 Å². The van der Waals surface area contributed by atoms with Crippen LogP contribution in [0.4, 0.5) is 17.6 Å². The van der Waals surface area contributed by atoms with Crippen molar-refractivity contribution in [2.24, 2.45) is 0 Å². The summed E-state index contributed by atoms with van der Waals surface area (Å²) in [6.45, 7) is 2.00. The molecule has 142 valence electrons. The zero-order valence-electron chi connectivity index (χ0n) is 13.9. The van der Waals surface area contributed by atoms with Gasteiger partial charge in [0, 0.05) is 13.1 Å². The molecule has 0 atom stereocenters. The van der Waals surface area contributed by atoms with E-state index in [1.807, 2.05) is 0 Å². The van der Waals surface area contributed by atoms with E-state index in [-0.39, 0.29) is 16.3 Å². The molecular formula is C16H18F4N4OS. The van der Waals surface area contributed by atoms with Gasteiger partial charge in [-0.15, -0.1) is 11.3 Å². The molecule has 26 heavy (non-hydrogen) atoms. The molecule has 1 aliphatic rings. The molecule has 1 fully saturated rings. The molecular weight excluding hydrogens is 372 g/mol. The third-order valence-corrected chi connectivity index (χ3v) is 5.28. The summed E-state index contributed by atoms with van der Waals surface area (Å²) in [4.78, 5) is 15.2. The molecule has 1 saturated heterocycles. The van der Waals surface area contributed by atoms with Crippen molar-refractivity contribution in [2.75, 3.05) is 26.2 Å². The maximum absolute atomic E-state index is 12.9. The van der Waals surface area contributed by atoms with Crippen LogP contribution >= 0.6 is 11.3 Å². The summed E-state index contributed by atoms with van der Waals surface area (Å²) >= 11 is 1.03. The van der Waals surface area contributed by atoms with Gasteiger partial charge in [0.05, 0.1) is 9.75 Å². The minimum absolute atomic E-state index is 0.00362. The summed E-state index contributed by atoms with van der Waals surface area (Å²) < 4.78 is 51.7. The van der Waals surface area contributed by atoms with Gasteiger partial charge in [-0.1, -0.05) is 0 Å². The maximum atomic E-state index is 12.9. The van der Waals surface area contributed by atoms with Crippen LogP contribution < -0.4 is 5.32 Å². The highest BCUT2D eigenvalue weighted by molar-refractivity contribution is 7.17. The molecule has 0 radical (unpaired) electrons. The minimum atomic E-state index is -4.69. The molecule has 0 saturated carbocycles. The first-order valence-corrected chi connectivity index (χ1v) is 9.02. The van der Waals surface area contributed by atoms with Crippen LogP contribution in [0.15, 0.2) is 18.2 Å². The summed E-state index contributed by atoms with van der Waals surface area (Å²) in [5.41, 5.74) is -1.16. The van der Waals surface area contributed by atoms with Crippen LogP contribution in [-0.4, -0.2) is 46.8 Å². The van der Waals surface area contributed by atoms with E-state index in [4.69, 9.17) is 0 Å². The van der Waals surface area contributed by atoms with E-state index in [1.54, 1.807) is 0 Å². The summed E-state index contributed by atoms with van der Waals surface area (Å²) in [5.74, 6) is -0.276. The van der Waals surface area contributed by atoms with Gasteiger partial charge in [0.1, 0.15) is 11.4 Å². The number of likely N-dealkylation sites (tertiary alicyclic amines) is 1. The monoisotopic (exact) mass is 390 g/mol. The average Bonchev–Trinajstić information content (AvgIpc) is 3.32. The van der Waals surface area contributed by atoms with Crippen molar-refractivity contribution in [1.82, 2.24) is 20.0 Å². The Bertz CT molecular complexity index is 765. The quantitative estimate of drug-likeness (QED) is 0.770. The number of hydrogen-bond donors (Lipinski definition) is 1. The number of nitrogens with one attached hydrogen (secondary N) is 1. The van der Waals surface area contributed by atoms with Crippen molar-refractivity contribution >= 4 is 17.2 Å². The summed E-state index contributed by atoms with van der Waals surface area (Å²) in [6.07, 6.45) is -2.34. The Kier molecular flexibility index (Phi) is 5.61. The molecule has 5 nitrogen and oxygen atoms in total. The number of hydrogen-bond acceptors (Lipinski definition) is 4. The minimum Gasteiger partial charge on any atom is -0.350 e. The third kappa shape index (κ3) is 4.24. The van der Waals surface area contributed by atoms with Gasteiger partial charge in [0.25, 0.3) is 5.91 Å². The van der Waals surface area contributed by atoms with Crippen LogP contribution in [0.3, 0.4) is 0 Å². The second-order valence-corrected chi connectivity index (χ2v) is 7.08. The second-order valence-electron chi connectivity index (χ2n) is 6.00. The number of carbonyl (C=O) groups excluding carboxylic acids is 1. The molecule has 0 bridgehead atoms. The highest BCUT2D eigenvalue weighted by Gasteiger charge is 2.36. The topological polar surface area (TPSA) is 50.2 Å². The van der Waals surface area contributed by atoms with Crippen LogP contribution in [0.2, 0.25) is 0 Å². The molecule has 0 aliphatic carbocycles. The van der Waals surface area contributed by atoms with Crippen molar-refractivity contribution in [2.45, 2.75) is 25.8 Å². The summed E-state index contributed by atoms with van der Waals surface area (Å²) in [5, 5.41) is 6.45. The highest BCUT2D eigenvalue weighted by atomic mass is 32.1. The molecule has 1 aliphatic heterocycles. The van der Waals surface area contributed by atoms with Gasteiger partial charge < -0.3 is 10.2 Å². The molecule has 0 spiro atoms. The van der Waals surface area contributed by atoms with E-state index in [1.165, 1.54) is 25.0 Å². The number of nitrogens with zero attached hydrogens (tertiary/aromatic N) is 3. The molecule has 3 rings (SSSR count). The Morgan fingerprint density at radius 2 is 2.00 bits per heavy atom. The lowest BCUT2D eigenvalue weighted by Crippen LogP contribution is -2.33. The van der Waals surface area contributed by atoms with Gasteiger partial charge in [-0.25, -0.2) is 9.07 Å². The lowest BCUT2D eigenvalue weighted by Gasteiger charge is -2.14. The maximum Gasteiger partial charge on any atom is 0.433 e. The molecule has 0 unspecified atom stereocenters. The van der Waals surface area contributed by atoms with Crippen LogP contribution in [0, 0.1) is 0 Å². The van der Waals surface area contributed by atoms with Crippen LogP contribution in [-0.2, 0) is 13.0 Å². The predicted molar refractivity (Wildman–Crippen MR) is 89.7 cm³/mol. The largest absolute Gasteiger partial charge is 0.433 e. The fourth-order valence-corrected chi connectivity index (χ4v) is 3.75. The Morgan fingerprint density at radius 1 is 1.27 bits per heavy atom. The zero-order chi connectivity index (χ0) is 18.7. The zero-order valence-corrected chi connectivity index (χ0v) is 14.7. The van der Waals surface area contributed by atoms with Gasteiger partial charge in [-0.05, 0) is 44.1 Å². The van der Waals surface area contributed by atoms with Crippen molar-refractivity contribution in [3.05, 3.63) is 28.8 Å². The SMILES string of the molecule is O=C(NCCN1CCCC1)c1ccc(-c2cc(C(F)(F)F)n(CF)n2)s1. The van der Waals surface area contributed by atoms with Crippen molar-refractivity contribution in [1.29, 1.82) is 0 Å². The van der Waals surface area contributed by atoms with Crippen molar-refractivity contribution in [3.8, 4) is 10.6 Å². The van der Waals surface area contributed by atoms with Crippen molar-refractivity contribution in [3.63, 3.8) is 0 Å². The van der Waals surface area contributed by atoms with E-state index in [0.717, 1.165) is 37.0 Å². The predicted octanol–water partition coefficient (Wildman–Crippen LogP) is 3.38. The molecule has 0 aromatic carbocycles. The number of aromatic nitrogens is 2. The van der Waals surface area contributed by atoms with Crippen LogP contribution in [0.25, 0.3) is 10.6 Å². The number of carbonyl (C=O) groups is 1. The molecule has 10 heteroatoms. The van der Waals surface area contributed by atoms with Crippen LogP contribution in [0.1, 0.15) is 28.2 Å². The first-order chi connectivity index (χ1) is 12.4. The Hall–Kier alpha value is -1.94. The smallest absolute Gasteiger partial charge is 0.350 e. The Labute approximate surface area is 151 Å². The van der Waals surface area contributed by atoms with Crippen LogP contribution in [0.5, 0.6) is 0 Å². The summed E-state index contributed by atoms with van der Waals surface area (Å²) in [7, 11) is 0. The van der Waals surface area contributed by atoms with Gasteiger partial charge in [-0.2, -0.15) is 18.3 Å². The fourth-order valence-electron chi connectivity index (χ4n) is 2.87. The number of thiophene rings is 1. The lowest BCUT2D eigenvalue weighted by atomic mass is 10.3. The van der Waals surface area contributed by atoms with E-state index < -0.39 is 18.7 Å². The number of amides is 1. The first-order valence-electron chi connectivity index (χ1n) is 8.20. The van der Waals surface area contributed by atoms with E-state index in [9.17, 15) is 22.4 Å². The number of rotatable bonds is 6. The van der Waals surface area contributed by atoms with Gasteiger partial charge in [-0.3, -0.25) is 4.79 Å². The van der Waals surface area contributed by atoms with Gasteiger partial charge >= 0.3 is 6.18 Å². The van der Waals surface area contributed by atoms with E-state index in [2.05, 4.69) is 15.3 Å². The normalized spacial score (nSPS) is 15.5. The molecule has 1 amide bonds. The standard InChI is InChI=1S/C16H18F4N4OS/c17-10-24-14(16(18,19)20)9-11(22-24)12-3-4-13(26-12)15(25)21-5-8-23-6-1-2-7-23/h3-4,9H,1-2,5-8,10H2,(H,21,25). The van der Waals surface area contributed by atoms with Gasteiger partial charge in [0.15, 0.2) is 6.80 Å². The fraction of sp³-hybridized carbons (Fsp3) is 0.500. The average molecular weight is 390 g/mol. The molecule has 2 aromatic rings. The highest BCUT2D eigenvalue weighted by Crippen LogP contribution is 2.34. The third-order valence-electron chi connectivity index (χ3n) is 4.18. The first kappa shape index (κ1) is 18.8.